The third-order valence-corrected chi connectivity index (χ3v) is 3.86. The van der Waals surface area contributed by atoms with Gasteiger partial charge in [0.15, 0.2) is 0 Å². The summed E-state index contributed by atoms with van der Waals surface area (Å²) < 4.78 is 0. The number of amides is 2. The minimum absolute atomic E-state index is 0.0670. The van der Waals surface area contributed by atoms with Gasteiger partial charge in [0.25, 0.3) is 0 Å². The maximum absolute atomic E-state index is 11.8. The number of nitrogens with one attached hydrogen (secondary N) is 2. The number of fused-ring (bicyclic) bond motifs is 1. The van der Waals surface area contributed by atoms with Crippen LogP contribution in [0.1, 0.15) is 31.2 Å². The Morgan fingerprint density at radius 1 is 1.00 bits per heavy atom. The summed E-state index contributed by atoms with van der Waals surface area (Å²) in [5.74, 6) is -0.0215. The van der Waals surface area contributed by atoms with Gasteiger partial charge in [0.1, 0.15) is 0 Å². The van der Waals surface area contributed by atoms with Crippen molar-refractivity contribution in [1.29, 1.82) is 0 Å². The lowest BCUT2D eigenvalue weighted by Crippen LogP contribution is -2.22. The Morgan fingerprint density at radius 2 is 1.79 bits per heavy atom. The molecule has 0 aromatic heterocycles. The van der Waals surface area contributed by atoms with Crippen LogP contribution in [0.2, 0.25) is 0 Å². The van der Waals surface area contributed by atoms with Gasteiger partial charge in [0.2, 0.25) is 11.8 Å². The molecule has 0 radical (unpaired) electrons. The summed E-state index contributed by atoms with van der Waals surface area (Å²) in [4.78, 5) is 22.9. The predicted molar refractivity (Wildman–Crippen MR) is 98.5 cm³/mol. The first-order valence-corrected chi connectivity index (χ1v) is 8.34. The van der Waals surface area contributed by atoms with Crippen LogP contribution >= 0.6 is 0 Å². The van der Waals surface area contributed by atoms with Crippen molar-refractivity contribution in [2.75, 3.05) is 13.6 Å². The summed E-state index contributed by atoms with van der Waals surface area (Å²) in [6, 6.07) is 14.3. The zero-order valence-corrected chi connectivity index (χ0v) is 14.0. The van der Waals surface area contributed by atoms with E-state index in [2.05, 4.69) is 34.9 Å². The monoisotopic (exact) mass is 324 g/mol. The molecule has 0 saturated heterocycles. The van der Waals surface area contributed by atoms with Gasteiger partial charge in [-0.05, 0) is 41.3 Å². The number of unbranched alkanes of at least 4 members (excludes halogenated alkanes) is 2. The van der Waals surface area contributed by atoms with E-state index in [1.54, 1.807) is 13.1 Å². The fourth-order valence-electron chi connectivity index (χ4n) is 2.47. The minimum atomic E-state index is -0.0885. The maximum atomic E-state index is 11.8. The molecule has 4 heteroatoms. The van der Waals surface area contributed by atoms with E-state index in [0.29, 0.717) is 13.0 Å². The number of rotatable bonds is 8. The van der Waals surface area contributed by atoms with Gasteiger partial charge in [-0.25, -0.2) is 0 Å². The van der Waals surface area contributed by atoms with Crippen molar-refractivity contribution in [3.63, 3.8) is 0 Å². The molecule has 2 N–H and O–H groups in total. The van der Waals surface area contributed by atoms with Crippen LogP contribution in [-0.4, -0.2) is 25.4 Å². The van der Waals surface area contributed by atoms with Crippen LogP contribution in [0.3, 0.4) is 0 Å². The molecule has 2 amide bonds. The first-order chi connectivity index (χ1) is 11.7. The molecule has 2 aromatic rings. The highest BCUT2D eigenvalue weighted by atomic mass is 16.2. The van der Waals surface area contributed by atoms with Crippen molar-refractivity contribution in [1.82, 2.24) is 10.6 Å². The molecule has 0 aliphatic carbocycles. The number of hydrogen-bond acceptors (Lipinski definition) is 2. The molecular weight excluding hydrogens is 300 g/mol. The van der Waals surface area contributed by atoms with Crippen LogP contribution in [-0.2, 0) is 9.59 Å². The lowest BCUT2D eigenvalue weighted by atomic mass is 10.1. The first-order valence-electron chi connectivity index (χ1n) is 8.34. The van der Waals surface area contributed by atoms with Gasteiger partial charge in [0.05, 0.1) is 0 Å². The maximum Gasteiger partial charge on any atom is 0.243 e. The Kier molecular flexibility index (Phi) is 7.02. The van der Waals surface area contributed by atoms with Crippen LogP contribution in [0.4, 0.5) is 0 Å². The molecule has 0 atom stereocenters. The van der Waals surface area contributed by atoms with Crippen molar-refractivity contribution in [2.24, 2.45) is 0 Å². The van der Waals surface area contributed by atoms with E-state index in [0.717, 1.165) is 30.2 Å². The predicted octanol–water partition coefficient (Wildman–Crippen LogP) is 3.28. The van der Waals surface area contributed by atoms with Crippen LogP contribution in [0, 0.1) is 0 Å². The van der Waals surface area contributed by atoms with E-state index in [1.165, 1.54) is 5.39 Å². The largest absolute Gasteiger partial charge is 0.359 e. The summed E-state index contributed by atoms with van der Waals surface area (Å²) in [5.41, 5.74) is 1.01. The topological polar surface area (TPSA) is 58.2 Å². The molecule has 0 fully saturated rings. The van der Waals surface area contributed by atoms with Gasteiger partial charge in [-0.15, -0.1) is 0 Å². The zero-order valence-electron chi connectivity index (χ0n) is 14.0. The quantitative estimate of drug-likeness (QED) is 0.578. The third-order valence-electron chi connectivity index (χ3n) is 3.86. The van der Waals surface area contributed by atoms with Gasteiger partial charge in [-0.3, -0.25) is 9.59 Å². The molecule has 0 aliphatic heterocycles. The SMILES string of the molecule is CNC(=O)CCCCCNC(=O)/C=C/c1ccc2ccccc2c1. The number of carbonyl (C=O) groups excluding carboxylic acids is 2. The smallest absolute Gasteiger partial charge is 0.243 e. The van der Waals surface area contributed by atoms with E-state index in [-0.39, 0.29) is 11.8 Å². The summed E-state index contributed by atoms with van der Waals surface area (Å²) >= 11 is 0. The summed E-state index contributed by atoms with van der Waals surface area (Å²) in [6.07, 6.45) is 6.60. The highest BCUT2D eigenvalue weighted by molar-refractivity contribution is 5.92. The Labute approximate surface area is 142 Å². The molecule has 0 saturated carbocycles. The second-order valence-electron chi connectivity index (χ2n) is 5.71. The Bertz CT molecular complexity index is 722. The second kappa shape index (κ2) is 9.50. The van der Waals surface area contributed by atoms with Crippen molar-refractivity contribution in [2.45, 2.75) is 25.7 Å². The van der Waals surface area contributed by atoms with Crippen LogP contribution < -0.4 is 10.6 Å². The highest BCUT2D eigenvalue weighted by Gasteiger charge is 1.99. The molecule has 126 valence electrons. The summed E-state index contributed by atoms with van der Waals surface area (Å²) in [6.45, 7) is 0.634. The molecule has 0 unspecified atom stereocenters. The first kappa shape index (κ1) is 17.7. The van der Waals surface area contributed by atoms with Crippen molar-refractivity contribution in [3.05, 3.63) is 54.1 Å². The van der Waals surface area contributed by atoms with E-state index in [4.69, 9.17) is 0 Å². The molecule has 24 heavy (non-hydrogen) atoms. The van der Waals surface area contributed by atoms with E-state index < -0.39 is 0 Å². The number of carbonyl (C=O) groups is 2. The minimum Gasteiger partial charge on any atom is -0.359 e. The molecule has 4 nitrogen and oxygen atoms in total. The van der Waals surface area contributed by atoms with E-state index in [1.807, 2.05) is 24.3 Å². The van der Waals surface area contributed by atoms with Gasteiger partial charge in [0, 0.05) is 26.1 Å². The van der Waals surface area contributed by atoms with Crippen molar-refractivity contribution >= 4 is 28.7 Å². The molecule has 2 aromatic carbocycles. The number of benzene rings is 2. The summed E-state index contributed by atoms with van der Waals surface area (Å²) in [7, 11) is 1.64. The van der Waals surface area contributed by atoms with E-state index in [9.17, 15) is 9.59 Å². The van der Waals surface area contributed by atoms with Gasteiger partial charge in [-0.2, -0.15) is 0 Å². The van der Waals surface area contributed by atoms with Gasteiger partial charge < -0.3 is 10.6 Å². The fraction of sp³-hybridized carbons (Fsp3) is 0.300. The van der Waals surface area contributed by atoms with Gasteiger partial charge in [-0.1, -0.05) is 42.8 Å². The summed E-state index contributed by atoms with van der Waals surface area (Å²) in [5, 5.41) is 7.82. The van der Waals surface area contributed by atoms with Gasteiger partial charge >= 0.3 is 0 Å². The van der Waals surface area contributed by atoms with Crippen molar-refractivity contribution < 1.29 is 9.59 Å². The lowest BCUT2D eigenvalue weighted by Gasteiger charge is -2.03. The molecule has 0 heterocycles. The molecule has 0 aliphatic rings. The normalized spacial score (nSPS) is 10.9. The molecule has 0 spiro atoms. The Balaban J connectivity index is 1.71. The van der Waals surface area contributed by atoms with E-state index >= 15 is 0 Å². The molecule has 2 rings (SSSR count). The van der Waals surface area contributed by atoms with Crippen LogP contribution in [0.5, 0.6) is 0 Å². The Morgan fingerprint density at radius 3 is 2.58 bits per heavy atom. The lowest BCUT2D eigenvalue weighted by molar-refractivity contribution is -0.120. The standard InChI is InChI=1S/C20H24N2O2/c1-21-19(23)9-3-2-6-14-22-20(24)13-11-16-10-12-17-7-4-5-8-18(17)15-16/h4-5,7-8,10-13,15H,2-3,6,9,14H2,1H3,(H,21,23)(H,22,24)/b13-11+. The Hall–Kier alpha value is -2.62. The fourth-order valence-corrected chi connectivity index (χ4v) is 2.47. The zero-order chi connectivity index (χ0) is 17.2. The highest BCUT2D eigenvalue weighted by Crippen LogP contribution is 2.16. The number of hydrogen-bond donors (Lipinski definition) is 2. The van der Waals surface area contributed by atoms with Crippen molar-refractivity contribution in [3.8, 4) is 0 Å². The van der Waals surface area contributed by atoms with Crippen LogP contribution in [0.15, 0.2) is 48.5 Å². The molecule has 0 bridgehead atoms. The third kappa shape index (κ3) is 5.88. The average molecular weight is 324 g/mol. The van der Waals surface area contributed by atoms with Crippen LogP contribution in [0.25, 0.3) is 16.8 Å². The second-order valence-corrected chi connectivity index (χ2v) is 5.71. The molecular formula is C20H24N2O2. The average Bonchev–Trinajstić information content (AvgIpc) is 2.62.